The normalized spacial score (nSPS) is 27.3. The number of hydrogen-bond acceptors (Lipinski definition) is 1. The Morgan fingerprint density at radius 3 is 2.69 bits per heavy atom. The molecular formula is C15H26O. The molecule has 0 bridgehead atoms. The molecule has 0 N–H and O–H groups in total. The SMILES string of the molecule is CC/C(=C\C=C/CC1CCCCC1C)OC. The van der Waals surface area contributed by atoms with Gasteiger partial charge in [0.05, 0.1) is 12.9 Å². The molecule has 2 atom stereocenters. The summed E-state index contributed by atoms with van der Waals surface area (Å²) in [6.07, 6.45) is 14.5. The molecule has 0 aromatic rings. The Hall–Kier alpha value is -0.720. The van der Waals surface area contributed by atoms with Crippen molar-refractivity contribution in [2.45, 2.75) is 52.4 Å². The molecule has 1 saturated carbocycles. The van der Waals surface area contributed by atoms with E-state index in [2.05, 4.69) is 32.1 Å². The van der Waals surface area contributed by atoms with Gasteiger partial charge in [0, 0.05) is 6.42 Å². The molecule has 0 aromatic carbocycles. The van der Waals surface area contributed by atoms with Crippen molar-refractivity contribution < 1.29 is 4.74 Å². The Bertz CT molecular complexity index is 234. The van der Waals surface area contributed by atoms with Crippen LogP contribution in [-0.4, -0.2) is 7.11 Å². The molecule has 1 heteroatoms. The van der Waals surface area contributed by atoms with Gasteiger partial charge in [0.2, 0.25) is 0 Å². The zero-order chi connectivity index (χ0) is 11.8. The summed E-state index contributed by atoms with van der Waals surface area (Å²) in [5, 5.41) is 0. The molecule has 1 aliphatic carbocycles. The maximum Gasteiger partial charge on any atom is 0.0952 e. The van der Waals surface area contributed by atoms with Gasteiger partial charge in [-0.1, -0.05) is 45.3 Å². The standard InChI is InChI=1S/C15H26O/c1-4-15(16-3)12-8-7-11-14-10-6-5-9-13(14)2/h7-8,12-14H,4-6,9-11H2,1-3H3/b8-7-,15-12+. The zero-order valence-electron chi connectivity index (χ0n) is 11.0. The highest BCUT2D eigenvalue weighted by atomic mass is 16.5. The predicted octanol–water partition coefficient (Wildman–Crippen LogP) is 4.70. The van der Waals surface area contributed by atoms with E-state index >= 15 is 0 Å². The van der Waals surface area contributed by atoms with Crippen molar-refractivity contribution in [3.8, 4) is 0 Å². The minimum absolute atomic E-state index is 0.908. The maximum atomic E-state index is 5.22. The first-order chi connectivity index (χ1) is 7.77. The van der Waals surface area contributed by atoms with Crippen LogP contribution >= 0.6 is 0 Å². The van der Waals surface area contributed by atoms with E-state index in [4.69, 9.17) is 4.74 Å². The maximum absolute atomic E-state index is 5.22. The lowest BCUT2D eigenvalue weighted by Crippen LogP contribution is -2.15. The first kappa shape index (κ1) is 13.3. The van der Waals surface area contributed by atoms with E-state index in [0.717, 1.165) is 24.0 Å². The molecule has 92 valence electrons. The second-order valence-electron chi connectivity index (χ2n) is 4.88. The second kappa shape index (κ2) is 7.54. The fourth-order valence-electron chi connectivity index (χ4n) is 2.50. The Balaban J connectivity index is 2.32. The van der Waals surface area contributed by atoms with Crippen LogP contribution < -0.4 is 0 Å². The van der Waals surface area contributed by atoms with Gasteiger partial charge in [-0.05, 0) is 30.8 Å². The summed E-state index contributed by atoms with van der Waals surface area (Å²) in [5.74, 6) is 2.88. The van der Waals surface area contributed by atoms with Gasteiger partial charge in [0.25, 0.3) is 0 Å². The predicted molar refractivity (Wildman–Crippen MR) is 70.3 cm³/mol. The molecule has 0 aliphatic heterocycles. The third-order valence-electron chi connectivity index (χ3n) is 3.76. The minimum Gasteiger partial charge on any atom is -0.501 e. The van der Waals surface area contributed by atoms with Crippen LogP contribution in [0.2, 0.25) is 0 Å². The van der Waals surface area contributed by atoms with Crippen LogP contribution in [-0.2, 0) is 4.74 Å². The molecule has 0 amide bonds. The molecule has 2 unspecified atom stereocenters. The Labute approximate surface area is 101 Å². The quantitative estimate of drug-likeness (QED) is 0.484. The van der Waals surface area contributed by atoms with Crippen LogP contribution in [0.3, 0.4) is 0 Å². The van der Waals surface area contributed by atoms with E-state index in [1.807, 2.05) is 0 Å². The van der Waals surface area contributed by atoms with Crippen molar-refractivity contribution >= 4 is 0 Å². The molecule has 0 heterocycles. The first-order valence-electron chi connectivity index (χ1n) is 6.67. The van der Waals surface area contributed by atoms with Crippen molar-refractivity contribution in [3.63, 3.8) is 0 Å². The molecule has 0 aromatic heterocycles. The van der Waals surface area contributed by atoms with E-state index in [1.165, 1.54) is 32.1 Å². The third-order valence-corrected chi connectivity index (χ3v) is 3.76. The molecule has 1 fully saturated rings. The van der Waals surface area contributed by atoms with Gasteiger partial charge in [-0.2, -0.15) is 0 Å². The van der Waals surface area contributed by atoms with Crippen LogP contribution in [0, 0.1) is 11.8 Å². The monoisotopic (exact) mass is 222 g/mol. The van der Waals surface area contributed by atoms with Gasteiger partial charge >= 0.3 is 0 Å². The lowest BCUT2D eigenvalue weighted by molar-refractivity contribution is 0.258. The average molecular weight is 222 g/mol. The lowest BCUT2D eigenvalue weighted by Gasteiger charge is -2.27. The molecule has 1 rings (SSSR count). The molecular weight excluding hydrogens is 196 g/mol. The van der Waals surface area contributed by atoms with E-state index in [1.54, 1.807) is 7.11 Å². The van der Waals surface area contributed by atoms with Crippen LogP contribution in [0.15, 0.2) is 24.0 Å². The van der Waals surface area contributed by atoms with E-state index in [-0.39, 0.29) is 0 Å². The van der Waals surface area contributed by atoms with Gasteiger partial charge in [0.1, 0.15) is 0 Å². The van der Waals surface area contributed by atoms with Crippen molar-refractivity contribution in [1.29, 1.82) is 0 Å². The smallest absolute Gasteiger partial charge is 0.0952 e. The molecule has 0 saturated heterocycles. The highest BCUT2D eigenvalue weighted by molar-refractivity contribution is 5.07. The van der Waals surface area contributed by atoms with Gasteiger partial charge < -0.3 is 4.74 Å². The highest BCUT2D eigenvalue weighted by Crippen LogP contribution is 2.31. The highest BCUT2D eigenvalue weighted by Gasteiger charge is 2.19. The number of hydrogen-bond donors (Lipinski definition) is 0. The number of allylic oxidation sites excluding steroid dienone is 4. The summed E-state index contributed by atoms with van der Waals surface area (Å²) in [5.41, 5.74) is 0. The number of ether oxygens (including phenoxy) is 1. The largest absolute Gasteiger partial charge is 0.501 e. The Kier molecular flexibility index (Phi) is 6.29. The average Bonchev–Trinajstić information content (AvgIpc) is 2.31. The fourth-order valence-corrected chi connectivity index (χ4v) is 2.50. The van der Waals surface area contributed by atoms with Crippen molar-refractivity contribution in [2.75, 3.05) is 7.11 Å². The molecule has 0 spiro atoms. The Morgan fingerprint density at radius 1 is 1.31 bits per heavy atom. The Morgan fingerprint density at radius 2 is 2.06 bits per heavy atom. The first-order valence-corrected chi connectivity index (χ1v) is 6.67. The van der Waals surface area contributed by atoms with Gasteiger partial charge in [-0.3, -0.25) is 0 Å². The van der Waals surface area contributed by atoms with E-state index in [9.17, 15) is 0 Å². The molecule has 0 radical (unpaired) electrons. The topological polar surface area (TPSA) is 9.23 Å². The molecule has 16 heavy (non-hydrogen) atoms. The summed E-state index contributed by atoms with van der Waals surface area (Å²) in [6, 6.07) is 0. The van der Waals surface area contributed by atoms with Gasteiger partial charge in [0.15, 0.2) is 0 Å². The second-order valence-corrected chi connectivity index (χ2v) is 4.88. The van der Waals surface area contributed by atoms with Crippen molar-refractivity contribution in [1.82, 2.24) is 0 Å². The zero-order valence-corrected chi connectivity index (χ0v) is 11.0. The van der Waals surface area contributed by atoms with Crippen molar-refractivity contribution in [3.05, 3.63) is 24.0 Å². The van der Waals surface area contributed by atoms with E-state index < -0.39 is 0 Å². The summed E-state index contributed by atoms with van der Waals surface area (Å²) in [7, 11) is 1.74. The lowest BCUT2D eigenvalue weighted by atomic mass is 9.79. The minimum atomic E-state index is 0.908. The molecule has 1 nitrogen and oxygen atoms in total. The fraction of sp³-hybridized carbons (Fsp3) is 0.733. The number of methoxy groups -OCH3 is 1. The van der Waals surface area contributed by atoms with E-state index in [0.29, 0.717) is 0 Å². The summed E-state index contributed by atoms with van der Waals surface area (Å²) >= 11 is 0. The number of rotatable bonds is 5. The summed E-state index contributed by atoms with van der Waals surface area (Å²) in [4.78, 5) is 0. The van der Waals surface area contributed by atoms with Crippen LogP contribution in [0.25, 0.3) is 0 Å². The third kappa shape index (κ3) is 4.42. The molecule has 1 aliphatic rings. The van der Waals surface area contributed by atoms with Gasteiger partial charge in [-0.15, -0.1) is 0 Å². The van der Waals surface area contributed by atoms with Crippen LogP contribution in [0.4, 0.5) is 0 Å². The van der Waals surface area contributed by atoms with Crippen molar-refractivity contribution in [2.24, 2.45) is 11.8 Å². The van der Waals surface area contributed by atoms with Gasteiger partial charge in [-0.25, -0.2) is 0 Å². The summed E-state index contributed by atoms with van der Waals surface area (Å²) < 4.78 is 5.22. The summed E-state index contributed by atoms with van der Waals surface area (Å²) in [6.45, 7) is 4.52. The van der Waals surface area contributed by atoms with Crippen LogP contribution in [0.5, 0.6) is 0 Å². The van der Waals surface area contributed by atoms with Crippen LogP contribution in [0.1, 0.15) is 52.4 Å².